The zero-order valence-corrected chi connectivity index (χ0v) is 12.4. The fourth-order valence-corrected chi connectivity index (χ4v) is 2.31. The van der Waals surface area contributed by atoms with Gasteiger partial charge in [0.2, 0.25) is 0 Å². The molecule has 0 radical (unpaired) electrons. The van der Waals surface area contributed by atoms with Gasteiger partial charge in [-0.25, -0.2) is 0 Å². The van der Waals surface area contributed by atoms with Crippen LogP contribution in [0.15, 0.2) is 18.2 Å². The van der Waals surface area contributed by atoms with Gasteiger partial charge in [-0.3, -0.25) is 9.69 Å². The number of hydrogen-bond donors (Lipinski definition) is 2. The SMILES string of the molecule is CSCCC(C)N(C)CC(=O)c1ccc(O)cc1O. The minimum absolute atomic E-state index is 0.0456. The van der Waals surface area contributed by atoms with Crippen molar-refractivity contribution < 1.29 is 15.0 Å². The summed E-state index contributed by atoms with van der Waals surface area (Å²) in [6.07, 6.45) is 3.08. The molecule has 19 heavy (non-hydrogen) atoms. The van der Waals surface area contributed by atoms with Crippen LogP contribution in [0.1, 0.15) is 23.7 Å². The van der Waals surface area contributed by atoms with Crippen molar-refractivity contribution in [1.29, 1.82) is 0 Å². The number of aromatic hydroxyl groups is 2. The third-order valence-electron chi connectivity index (χ3n) is 3.17. The Kier molecular flexibility index (Phi) is 6.18. The molecule has 106 valence electrons. The lowest BCUT2D eigenvalue weighted by Crippen LogP contribution is -2.34. The highest BCUT2D eigenvalue weighted by Crippen LogP contribution is 2.23. The Morgan fingerprint density at radius 3 is 2.68 bits per heavy atom. The summed E-state index contributed by atoms with van der Waals surface area (Å²) >= 11 is 1.79. The van der Waals surface area contributed by atoms with Gasteiger partial charge in [-0.2, -0.15) is 11.8 Å². The minimum Gasteiger partial charge on any atom is -0.508 e. The maximum absolute atomic E-state index is 12.1. The standard InChI is InChI=1S/C14H21NO3S/c1-10(6-7-19-3)15(2)9-14(18)12-5-4-11(16)8-13(12)17/h4-5,8,10,16-17H,6-7,9H2,1-3H3. The van der Waals surface area contributed by atoms with Crippen LogP contribution in [-0.2, 0) is 0 Å². The normalized spacial score (nSPS) is 12.6. The molecule has 0 spiro atoms. The molecule has 1 atom stereocenters. The van der Waals surface area contributed by atoms with Gasteiger partial charge >= 0.3 is 0 Å². The quantitative estimate of drug-likeness (QED) is 0.752. The van der Waals surface area contributed by atoms with Crippen LogP contribution in [0.2, 0.25) is 0 Å². The number of ketones is 1. The lowest BCUT2D eigenvalue weighted by Gasteiger charge is -2.23. The fourth-order valence-electron chi connectivity index (χ4n) is 1.73. The van der Waals surface area contributed by atoms with E-state index in [9.17, 15) is 15.0 Å². The maximum atomic E-state index is 12.1. The first-order valence-electron chi connectivity index (χ1n) is 6.20. The van der Waals surface area contributed by atoms with Crippen LogP contribution in [0.4, 0.5) is 0 Å². The van der Waals surface area contributed by atoms with E-state index in [4.69, 9.17) is 0 Å². The molecule has 0 bridgehead atoms. The largest absolute Gasteiger partial charge is 0.508 e. The van der Waals surface area contributed by atoms with Crippen LogP contribution in [0.3, 0.4) is 0 Å². The average Bonchev–Trinajstić information content (AvgIpc) is 2.35. The molecule has 0 saturated carbocycles. The molecule has 1 unspecified atom stereocenters. The number of thioether (sulfide) groups is 1. The first-order valence-corrected chi connectivity index (χ1v) is 7.59. The van der Waals surface area contributed by atoms with E-state index < -0.39 is 0 Å². The Bertz CT molecular complexity index is 437. The predicted molar refractivity (Wildman–Crippen MR) is 79.2 cm³/mol. The first kappa shape index (κ1) is 15.9. The van der Waals surface area contributed by atoms with Gasteiger partial charge in [0.05, 0.1) is 12.1 Å². The Hall–Kier alpha value is -1.20. The molecule has 0 aliphatic heterocycles. The molecule has 0 aromatic heterocycles. The second-order valence-electron chi connectivity index (χ2n) is 4.67. The van der Waals surface area contributed by atoms with Crippen molar-refractivity contribution in [2.45, 2.75) is 19.4 Å². The van der Waals surface area contributed by atoms with Crippen LogP contribution in [0.25, 0.3) is 0 Å². The van der Waals surface area contributed by atoms with Crippen molar-refractivity contribution in [2.24, 2.45) is 0 Å². The molecular weight excluding hydrogens is 262 g/mol. The fraction of sp³-hybridized carbons (Fsp3) is 0.500. The van der Waals surface area contributed by atoms with Crippen LogP contribution in [0.5, 0.6) is 11.5 Å². The number of Topliss-reactive ketones (excluding diaryl/α,β-unsaturated/α-hetero) is 1. The van der Waals surface area contributed by atoms with E-state index in [0.29, 0.717) is 6.04 Å². The number of hydrogen-bond acceptors (Lipinski definition) is 5. The van der Waals surface area contributed by atoms with Crippen LogP contribution < -0.4 is 0 Å². The second-order valence-corrected chi connectivity index (χ2v) is 5.66. The summed E-state index contributed by atoms with van der Waals surface area (Å²) in [5.74, 6) is 0.700. The van der Waals surface area contributed by atoms with Crippen molar-refractivity contribution in [3.05, 3.63) is 23.8 Å². The molecule has 1 rings (SSSR count). The van der Waals surface area contributed by atoms with E-state index in [1.807, 2.05) is 11.9 Å². The summed E-state index contributed by atoms with van der Waals surface area (Å²) in [4.78, 5) is 14.1. The highest BCUT2D eigenvalue weighted by atomic mass is 32.2. The summed E-state index contributed by atoms with van der Waals surface area (Å²) in [7, 11) is 1.90. The molecule has 0 amide bonds. The van der Waals surface area contributed by atoms with E-state index in [-0.39, 0.29) is 29.4 Å². The molecule has 1 aromatic rings. The summed E-state index contributed by atoms with van der Waals surface area (Å²) in [6, 6.07) is 4.36. The minimum atomic E-state index is -0.171. The summed E-state index contributed by atoms with van der Waals surface area (Å²) in [5, 5.41) is 18.9. The molecule has 4 nitrogen and oxygen atoms in total. The number of phenols is 2. The van der Waals surface area contributed by atoms with E-state index in [1.54, 1.807) is 11.8 Å². The van der Waals surface area contributed by atoms with E-state index >= 15 is 0 Å². The van der Waals surface area contributed by atoms with Gasteiger partial charge in [-0.15, -0.1) is 0 Å². The molecular formula is C14H21NO3S. The monoisotopic (exact) mass is 283 g/mol. The lowest BCUT2D eigenvalue weighted by atomic mass is 10.1. The molecule has 1 aromatic carbocycles. The molecule has 0 aliphatic carbocycles. The smallest absolute Gasteiger partial charge is 0.180 e. The van der Waals surface area contributed by atoms with Gasteiger partial charge in [-0.05, 0) is 44.5 Å². The van der Waals surface area contributed by atoms with Crippen molar-refractivity contribution >= 4 is 17.5 Å². The second kappa shape index (κ2) is 7.40. The Morgan fingerprint density at radius 1 is 1.42 bits per heavy atom. The van der Waals surface area contributed by atoms with Crippen LogP contribution >= 0.6 is 11.8 Å². The van der Waals surface area contributed by atoms with Gasteiger partial charge < -0.3 is 10.2 Å². The van der Waals surface area contributed by atoms with Gasteiger partial charge in [0, 0.05) is 12.1 Å². The molecule has 2 N–H and O–H groups in total. The van der Waals surface area contributed by atoms with Crippen molar-refractivity contribution in [1.82, 2.24) is 4.90 Å². The van der Waals surface area contributed by atoms with E-state index in [2.05, 4.69) is 13.2 Å². The third kappa shape index (κ3) is 4.76. The number of phenolic OH excluding ortho intramolecular Hbond substituents is 2. The zero-order valence-electron chi connectivity index (χ0n) is 11.6. The van der Waals surface area contributed by atoms with Crippen molar-refractivity contribution in [3.63, 3.8) is 0 Å². The van der Waals surface area contributed by atoms with Gasteiger partial charge in [-0.1, -0.05) is 0 Å². The molecule has 5 heteroatoms. The molecule has 0 aliphatic rings. The number of rotatable bonds is 7. The predicted octanol–water partition coefficient (Wildman–Crippen LogP) is 2.35. The summed E-state index contributed by atoms with van der Waals surface area (Å²) < 4.78 is 0. The Labute approximate surface area is 118 Å². The number of nitrogens with zero attached hydrogens (tertiary/aromatic N) is 1. The Balaban J connectivity index is 2.63. The molecule has 0 fully saturated rings. The number of likely N-dealkylation sites (N-methyl/N-ethyl adjacent to an activating group) is 1. The van der Waals surface area contributed by atoms with Gasteiger partial charge in [0.25, 0.3) is 0 Å². The third-order valence-corrected chi connectivity index (χ3v) is 3.81. The Morgan fingerprint density at radius 2 is 2.11 bits per heavy atom. The van der Waals surface area contributed by atoms with E-state index in [0.717, 1.165) is 12.2 Å². The zero-order chi connectivity index (χ0) is 14.4. The lowest BCUT2D eigenvalue weighted by molar-refractivity contribution is 0.0921. The summed E-state index contributed by atoms with van der Waals surface area (Å²) in [6.45, 7) is 2.34. The highest BCUT2D eigenvalue weighted by molar-refractivity contribution is 7.98. The maximum Gasteiger partial charge on any atom is 0.180 e. The van der Waals surface area contributed by atoms with Crippen LogP contribution in [0, 0.1) is 0 Å². The number of benzene rings is 1. The van der Waals surface area contributed by atoms with Crippen molar-refractivity contribution in [2.75, 3.05) is 25.6 Å². The molecule has 0 heterocycles. The summed E-state index contributed by atoms with van der Waals surface area (Å²) in [5.41, 5.74) is 0.252. The highest BCUT2D eigenvalue weighted by Gasteiger charge is 2.17. The first-order chi connectivity index (χ1) is 8.95. The molecule has 0 saturated heterocycles. The van der Waals surface area contributed by atoms with Crippen molar-refractivity contribution in [3.8, 4) is 11.5 Å². The number of carbonyl (C=O) groups excluding carboxylic acids is 1. The topological polar surface area (TPSA) is 60.8 Å². The van der Waals surface area contributed by atoms with E-state index in [1.165, 1.54) is 18.2 Å². The number of carbonyl (C=O) groups is 1. The van der Waals surface area contributed by atoms with Crippen LogP contribution in [-0.4, -0.2) is 52.5 Å². The van der Waals surface area contributed by atoms with Gasteiger partial charge in [0.1, 0.15) is 11.5 Å². The van der Waals surface area contributed by atoms with Gasteiger partial charge in [0.15, 0.2) is 5.78 Å². The average molecular weight is 283 g/mol.